The van der Waals surface area contributed by atoms with Gasteiger partial charge in [-0.3, -0.25) is 24.0 Å². The summed E-state index contributed by atoms with van der Waals surface area (Å²) in [6, 6.07) is 3.21. The Morgan fingerprint density at radius 1 is 1.00 bits per heavy atom. The van der Waals surface area contributed by atoms with Crippen LogP contribution in [0.5, 0.6) is 0 Å². The van der Waals surface area contributed by atoms with Crippen LogP contribution in [0.15, 0.2) is 35.4 Å². The molecule has 18 heteroatoms. The molecule has 2 aliphatic carbocycles. The highest BCUT2D eigenvalue weighted by atomic mass is 32.2. The number of likely N-dealkylation sites (tertiary alicyclic amines) is 1. The second-order valence-electron chi connectivity index (χ2n) is 16.1. The molecule has 0 bridgehead atoms. The number of nitrogens with zero attached hydrogens (tertiary/aromatic N) is 4. The van der Waals surface area contributed by atoms with Gasteiger partial charge in [0.25, 0.3) is 11.8 Å². The molecular formula is C37H52N8O9S. The van der Waals surface area contributed by atoms with Crippen molar-refractivity contribution in [2.75, 3.05) is 19.8 Å². The third-order valence-corrected chi connectivity index (χ3v) is 13.4. The minimum atomic E-state index is -3.78. The number of aromatic nitrogens is 3. The van der Waals surface area contributed by atoms with Crippen LogP contribution in [0.1, 0.15) is 113 Å². The van der Waals surface area contributed by atoms with Gasteiger partial charge in [0.1, 0.15) is 17.2 Å². The molecule has 300 valence electrons. The number of hydrogen-bond acceptors (Lipinski definition) is 11. The van der Waals surface area contributed by atoms with Crippen molar-refractivity contribution < 1.29 is 42.2 Å². The molecule has 2 unspecified atom stereocenters. The standard InChI is InChI=1S/C37H52N8O9S/c1-35(2,51)29-21-40-43-45(29)26-20-37(34(39)50,36(30(46)31(38)47)15-6-17-54-18-16-36)44(22-26)33(49)28(19-23-7-4-3-5-8-23)41-32(48)24-9-13-27(14-10-24)55(52,53)42-25-11-12-25/h9-10,13-14,21,23,25-26,28,42,51H,3-8,11-12,15-20,22H2,1-2H3,(H2,38,47)(H2,39,50)(H,41,48)/t26?,28-,36+,37?/m1/s1. The third-order valence-electron chi connectivity index (χ3n) is 11.8. The van der Waals surface area contributed by atoms with Crippen LogP contribution >= 0.6 is 0 Å². The smallest absolute Gasteiger partial charge is 0.285 e. The molecule has 4 fully saturated rings. The predicted octanol–water partition coefficient (Wildman–Crippen LogP) is 0.954. The second kappa shape index (κ2) is 15.7. The molecule has 4 aliphatic rings. The van der Waals surface area contributed by atoms with Gasteiger partial charge in [-0.25, -0.2) is 17.8 Å². The van der Waals surface area contributed by atoms with Gasteiger partial charge in [-0.05, 0) is 82.6 Å². The summed E-state index contributed by atoms with van der Waals surface area (Å²) in [6.45, 7) is 3.03. The first-order chi connectivity index (χ1) is 26.0. The van der Waals surface area contributed by atoms with Gasteiger partial charge >= 0.3 is 0 Å². The Kier molecular flexibility index (Phi) is 11.5. The zero-order valence-corrected chi connectivity index (χ0v) is 32.2. The summed E-state index contributed by atoms with van der Waals surface area (Å²) in [5.74, 6) is -4.70. The van der Waals surface area contributed by atoms with Crippen LogP contribution in [0.4, 0.5) is 0 Å². The lowest BCUT2D eigenvalue weighted by Gasteiger charge is -2.49. The highest BCUT2D eigenvalue weighted by Gasteiger charge is 2.68. The number of hydrogen-bond donors (Lipinski definition) is 5. The van der Waals surface area contributed by atoms with Gasteiger partial charge in [0.05, 0.1) is 28.2 Å². The van der Waals surface area contributed by atoms with Crippen LogP contribution in [0.2, 0.25) is 0 Å². The van der Waals surface area contributed by atoms with Gasteiger partial charge < -0.3 is 31.5 Å². The first kappa shape index (κ1) is 40.4. The van der Waals surface area contributed by atoms with Crippen molar-refractivity contribution in [2.24, 2.45) is 22.8 Å². The van der Waals surface area contributed by atoms with E-state index in [2.05, 4.69) is 20.4 Å². The zero-order valence-electron chi connectivity index (χ0n) is 31.4. The van der Waals surface area contributed by atoms with Crippen LogP contribution < -0.4 is 21.5 Å². The van der Waals surface area contributed by atoms with Gasteiger partial charge in [0, 0.05) is 37.8 Å². The fourth-order valence-electron chi connectivity index (χ4n) is 8.89. The number of nitrogens with one attached hydrogen (secondary N) is 2. The topological polar surface area (TPSA) is 259 Å². The van der Waals surface area contributed by atoms with Crippen LogP contribution in [0.25, 0.3) is 0 Å². The molecule has 0 spiro atoms. The Bertz CT molecular complexity index is 1890. The predicted molar refractivity (Wildman–Crippen MR) is 196 cm³/mol. The summed E-state index contributed by atoms with van der Waals surface area (Å²) in [5, 5.41) is 22.1. The number of ether oxygens (including phenoxy) is 1. The number of Topliss-reactive ketones (excluding diaryl/α,β-unsaturated/α-hetero) is 1. The van der Waals surface area contributed by atoms with Gasteiger partial charge in [0.15, 0.2) is 0 Å². The molecule has 0 radical (unpaired) electrons. The minimum absolute atomic E-state index is 0.00420. The summed E-state index contributed by atoms with van der Waals surface area (Å²) in [5.41, 5.74) is 6.94. The average molecular weight is 785 g/mol. The highest BCUT2D eigenvalue weighted by Crippen LogP contribution is 2.54. The van der Waals surface area contributed by atoms with E-state index in [9.17, 15) is 32.7 Å². The number of primary amides is 2. The zero-order chi connectivity index (χ0) is 39.8. The molecule has 2 saturated heterocycles. The minimum Gasteiger partial charge on any atom is -0.384 e. The molecule has 3 heterocycles. The van der Waals surface area contributed by atoms with E-state index in [1.165, 1.54) is 53.9 Å². The number of aliphatic hydroxyl groups is 1. The van der Waals surface area contributed by atoms with Crippen molar-refractivity contribution >= 4 is 39.4 Å². The Balaban J connectivity index is 1.43. The molecule has 6 rings (SSSR count). The van der Waals surface area contributed by atoms with Crippen molar-refractivity contribution in [3.63, 3.8) is 0 Å². The van der Waals surface area contributed by atoms with Gasteiger partial charge in [0.2, 0.25) is 27.6 Å². The average Bonchev–Trinajstić information content (AvgIpc) is 3.71. The van der Waals surface area contributed by atoms with Crippen LogP contribution in [-0.2, 0) is 39.5 Å². The van der Waals surface area contributed by atoms with Crippen molar-refractivity contribution in [1.82, 2.24) is 29.9 Å². The summed E-state index contributed by atoms with van der Waals surface area (Å²) in [4.78, 5) is 71.8. The van der Waals surface area contributed by atoms with Crippen molar-refractivity contribution in [3.8, 4) is 0 Å². The number of carbonyl (C=O) groups is 5. The van der Waals surface area contributed by atoms with E-state index in [0.717, 1.165) is 44.9 Å². The number of nitrogens with two attached hydrogens (primary N) is 2. The first-order valence-electron chi connectivity index (χ1n) is 19.1. The number of sulfonamides is 1. The third kappa shape index (κ3) is 8.04. The lowest BCUT2D eigenvalue weighted by atomic mass is 9.60. The lowest BCUT2D eigenvalue weighted by Crippen LogP contribution is -2.71. The fraction of sp³-hybridized carbons (Fsp3) is 0.649. The molecule has 7 N–H and O–H groups in total. The van der Waals surface area contributed by atoms with Crippen molar-refractivity contribution in [2.45, 2.75) is 125 Å². The Morgan fingerprint density at radius 3 is 2.31 bits per heavy atom. The highest BCUT2D eigenvalue weighted by molar-refractivity contribution is 7.89. The quantitative estimate of drug-likeness (QED) is 0.169. The molecule has 1 aromatic heterocycles. The van der Waals surface area contributed by atoms with E-state index in [-0.39, 0.29) is 80.0 Å². The van der Waals surface area contributed by atoms with E-state index in [0.29, 0.717) is 0 Å². The molecule has 4 atom stereocenters. The Hall–Kier alpha value is -4.26. The van der Waals surface area contributed by atoms with E-state index in [4.69, 9.17) is 16.2 Å². The number of ketones is 1. The molecule has 2 aliphatic heterocycles. The van der Waals surface area contributed by atoms with E-state index in [1.807, 2.05) is 0 Å². The number of benzene rings is 1. The molecule has 2 saturated carbocycles. The number of rotatable bonds is 14. The van der Waals surface area contributed by atoms with Gasteiger partial charge in [-0.1, -0.05) is 37.3 Å². The largest absolute Gasteiger partial charge is 0.384 e. The number of carbonyl (C=O) groups excluding carboxylic acids is 5. The maximum absolute atomic E-state index is 15.3. The van der Waals surface area contributed by atoms with E-state index in [1.54, 1.807) is 0 Å². The summed E-state index contributed by atoms with van der Waals surface area (Å²) in [7, 11) is -3.78. The van der Waals surface area contributed by atoms with Crippen LogP contribution in [0.3, 0.4) is 0 Å². The maximum Gasteiger partial charge on any atom is 0.285 e. The maximum atomic E-state index is 15.3. The summed E-state index contributed by atoms with van der Waals surface area (Å²) >= 11 is 0. The second-order valence-corrected chi connectivity index (χ2v) is 17.8. The number of amides is 4. The lowest BCUT2D eigenvalue weighted by molar-refractivity contribution is -0.163. The van der Waals surface area contributed by atoms with Crippen molar-refractivity contribution in [3.05, 3.63) is 41.7 Å². The molecule has 4 amide bonds. The summed E-state index contributed by atoms with van der Waals surface area (Å²) in [6.07, 6.45) is 7.39. The van der Waals surface area contributed by atoms with Crippen LogP contribution in [-0.4, -0.2) is 100 Å². The first-order valence-corrected chi connectivity index (χ1v) is 20.6. The van der Waals surface area contributed by atoms with E-state index < -0.39 is 68.1 Å². The van der Waals surface area contributed by atoms with Crippen molar-refractivity contribution in [1.29, 1.82) is 0 Å². The molecular weight excluding hydrogens is 733 g/mol. The monoisotopic (exact) mass is 784 g/mol. The van der Waals surface area contributed by atoms with Gasteiger partial charge in [-0.15, -0.1) is 5.10 Å². The fourth-order valence-corrected chi connectivity index (χ4v) is 10.2. The Labute approximate surface area is 320 Å². The molecule has 17 nitrogen and oxygen atoms in total. The summed E-state index contributed by atoms with van der Waals surface area (Å²) < 4.78 is 35.3. The van der Waals surface area contributed by atoms with Crippen LogP contribution in [0, 0.1) is 11.3 Å². The Morgan fingerprint density at radius 2 is 1.69 bits per heavy atom. The normalized spacial score (nSPS) is 25.9. The molecule has 2 aromatic rings. The SMILES string of the molecule is CC(C)(O)c1cnnn1C1CN(C(=O)[C@@H](CC2CCCCC2)NC(=O)c2ccc(S(=O)(=O)NC3CC3)cc2)C(C(N)=O)([C@@]2(C(=O)C(N)=O)CCCOCC2)C1. The molecule has 1 aromatic carbocycles. The van der Waals surface area contributed by atoms with Gasteiger partial charge in [-0.2, -0.15) is 0 Å². The van der Waals surface area contributed by atoms with E-state index >= 15 is 4.79 Å². The molecule has 55 heavy (non-hydrogen) atoms.